The Hall–Kier alpha value is -2.13. The Kier molecular flexibility index (Phi) is 4.02. The lowest BCUT2D eigenvalue weighted by atomic mass is 10.1. The SMILES string of the molecule is CC(C)NCc1cccn1Cc1ccc2ncccc2c1. The fourth-order valence-corrected chi connectivity index (χ4v) is 2.49. The summed E-state index contributed by atoms with van der Waals surface area (Å²) in [5, 5.41) is 4.67. The molecule has 0 amide bonds. The van der Waals surface area contributed by atoms with Crippen molar-refractivity contribution < 1.29 is 0 Å². The lowest BCUT2D eigenvalue weighted by molar-refractivity contribution is 0.564. The van der Waals surface area contributed by atoms with Crippen LogP contribution in [0, 0.1) is 0 Å². The molecule has 1 aromatic carbocycles. The van der Waals surface area contributed by atoms with Crippen molar-refractivity contribution in [2.45, 2.75) is 33.0 Å². The predicted molar refractivity (Wildman–Crippen MR) is 87.3 cm³/mol. The highest BCUT2D eigenvalue weighted by Crippen LogP contribution is 2.15. The van der Waals surface area contributed by atoms with Gasteiger partial charge < -0.3 is 9.88 Å². The Bertz CT molecular complexity index is 728. The van der Waals surface area contributed by atoms with Gasteiger partial charge in [0.1, 0.15) is 0 Å². The summed E-state index contributed by atoms with van der Waals surface area (Å²) in [6.07, 6.45) is 3.98. The number of pyridine rings is 1. The van der Waals surface area contributed by atoms with E-state index in [0.29, 0.717) is 6.04 Å². The maximum Gasteiger partial charge on any atom is 0.0702 e. The minimum absolute atomic E-state index is 0.500. The van der Waals surface area contributed by atoms with Crippen molar-refractivity contribution in [1.29, 1.82) is 0 Å². The smallest absolute Gasteiger partial charge is 0.0702 e. The molecule has 0 saturated heterocycles. The molecule has 0 aliphatic carbocycles. The summed E-state index contributed by atoms with van der Waals surface area (Å²) in [7, 11) is 0. The van der Waals surface area contributed by atoms with E-state index in [1.54, 1.807) is 0 Å². The summed E-state index contributed by atoms with van der Waals surface area (Å²) in [5.74, 6) is 0. The maximum atomic E-state index is 4.37. The monoisotopic (exact) mass is 279 g/mol. The van der Waals surface area contributed by atoms with Crippen LogP contribution in [0.15, 0.2) is 54.9 Å². The normalized spacial score (nSPS) is 11.4. The first-order valence-corrected chi connectivity index (χ1v) is 7.43. The first kappa shape index (κ1) is 13.8. The topological polar surface area (TPSA) is 29.9 Å². The standard InChI is InChI=1S/C18H21N3/c1-14(2)20-12-17-6-4-10-21(17)13-15-7-8-18-16(11-15)5-3-9-19-18/h3-11,14,20H,12-13H2,1-2H3. The molecule has 0 spiro atoms. The molecule has 0 aliphatic heterocycles. The minimum Gasteiger partial charge on any atom is -0.346 e. The van der Waals surface area contributed by atoms with Crippen molar-refractivity contribution >= 4 is 10.9 Å². The van der Waals surface area contributed by atoms with Gasteiger partial charge in [-0.1, -0.05) is 26.0 Å². The first-order valence-electron chi connectivity index (χ1n) is 7.43. The third-order valence-electron chi connectivity index (χ3n) is 3.64. The van der Waals surface area contributed by atoms with Crippen LogP contribution in [0.4, 0.5) is 0 Å². The van der Waals surface area contributed by atoms with Crippen LogP contribution in [0.1, 0.15) is 25.1 Å². The molecule has 0 bridgehead atoms. The van der Waals surface area contributed by atoms with Gasteiger partial charge >= 0.3 is 0 Å². The van der Waals surface area contributed by atoms with E-state index in [-0.39, 0.29) is 0 Å². The van der Waals surface area contributed by atoms with E-state index in [1.165, 1.54) is 16.6 Å². The zero-order valence-electron chi connectivity index (χ0n) is 12.6. The van der Waals surface area contributed by atoms with Crippen LogP contribution in [-0.4, -0.2) is 15.6 Å². The van der Waals surface area contributed by atoms with E-state index in [1.807, 2.05) is 12.3 Å². The van der Waals surface area contributed by atoms with Gasteiger partial charge in [0.25, 0.3) is 0 Å². The van der Waals surface area contributed by atoms with E-state index in [2.05, 4.69) is 71.3 Å². The lowest BCUT2D eigenvalue weighted by Crippen LogP contribution is -2.23. The number of fused-ring (bicyclic) bond motifs is 1. The van der Waals surface area contributed by atoms with Crippen LogP contribution >= 0.6 is 0 Å². The third kappa shape index (κ3) is 3.31. The zero-order valence-corrected chi connectivity index (χ0v) is 12.6. The van der Waals surface area contributed by atoms with E-state index in [0.717, 1.165) is 18.6 Å². The molecule has 0 unspecified atom stereocenters. The molecule has 108 valence electrons. The Morgan fingerprint density at radius 2 is 2.05 bits per heavy atom. The molecule has 0 radical (unpaired) electrons. The summed E-state index contributed by atoms with van der Waals surface area (Å²) < 4.78 is 2.30. The largest absolute Gasteiger partial charge is 0.346 e. The molecular formula is C18H21N3. The van der Waals surface area contributed by atoms with Gasteiger partial charge in [0.15, 0.2) is 0 Å². The van der Waals surface area contributed by atoms with Gasteiger partial charge in [0.05, 0.1) is 5.52 Å². The number of benzene rings is 1. The van der Waals surface area contributed by atoms with Crippen molar-refractivity contribution in [2.75, 3.05) is 0 Å². The third-order valence-corrected chi connectivity index (χ3v) is 3.64. The molecule has 2 heterocycles. The Labute approximate surface area is 125 Å². The van der Waals surface area contributed by atoms with Crippen molar-refractivity contribution in [1.82, 2.24) is 14.9 Å². The van der Waals surface area contributed by atoms with Crippen LogP contribution in [0.5, 0.6) is 0 Å². The van der Waals surface area contributed by atoms with Gasteiger partial charge in [0.2, 0.25) is 0 Å². The van der Waals surface area contributed by atoms with E-state index >= 15 is 0 Å². The molecule has 3 nitrogen and oxygen atoms in total. The average Bonchev–Trinajstić information content (AvgIpc) is 2.92. The van der Waals surface area contributed by atoms with Gasteiger partial charge in [-0.3, -0.25) is 4.98 Å². The second kappa shape index (κ2) is 6.10. The Morgan fingerprint density at radius 3 is 2.90 bits per heavy atom. The lowest BCUT2D eigenvalue weighted by Gasteiger charge is -2.12. The summed E-state index contributed by atoms with van der Waals surface area (Å²) in [4.78, 5) is 4.37. The number of aromatic nitrogens is 2. The van der Waals surface area contributed by atoms with Crippen molar-refractivity contribution in [2.24, 2.45) is 0 Å². The van der Waals surface area contributed by atoms with Crippen LogP contribution in [0.3, 0.4) is 0 Å². The number of nitrogens with one attached hydrogen (secondary N) is 1. The number of hydrogen-bond acceptors (Lipinski definition) is 2. The number of rotatable bonds is 5. The van der Waals surface area contributed by atoms with E-state index in [4.69, 9.17) is 0 Å². The Morgan fingerprint density at radius 1 is 1.14 bits per heavy atom. The van der Waals surface area contributed by atoms with Gasteiger partial charge in [-0.2, -0.15) is 0 Å². The molecule has 3 aromatic rings. The summed E-state index contributed by atoms with van der Waals surface area (Å²) in [5.41, 5.74) is 3.67. The van der Waals surface area contributed by atoms with Gasteiger partial charge in [-0.15, -0.1) is 0 Å². The van der Waals surface area contributed by atoms with Crippen LogP contribution in [0.25, 0.3) is 10.9 Å². The first-order chi connectivity index (χ1) is 10.2. The van der Waals surface area contributed by atoms with Crippen LogP contribution < -0.4 is 5.32 Å². The van der Waals surface area contributed by atoms with E-state index < -0.39 is 0 Å². The van der Waals surface area contributed by atoms with Gasteiger partial charge in [-0.25, -0.2) is 0 Å². The highest BCUT2D eigenvalue weighted by atomic mass is 15.0. The molecule has 2 aromatic heterocycles. The summed E-state index contributed by atoms with van der Waals surface area (Å²) in [6.45, 7) is 6.14. The second-order valence-electron chi connectivity index (χ2n) is 5.69. The highest BCUT2D eigenvalue weighted by Gasteiger charge is 2.04. The quantitative estimate of drug-likeness (QED) is 0.773. The molecule has 0 fully saturated rings. The van der Waals surface area contributed by atoms with Crippen LogP contribution in [-0.2, 0) is 13.1 Å². The second-order valence-corrected chi connectivity index (χ2v) is 5.69. The van der Waals surface area contributed by atoms with Gasteiger partial charge in [0, 0.05) is 42.6 Å². The van der Waals surface area contributed by atoms with Crippen molar-refractivity contribution in [3.8, 4) is 0 Å². The zero-order chi connectivity index (χ0) is 14.7. The summed E-state index contributed by atoms with van der Waals surface area (Å²) in [6, 6.07) is 15.4. The molecule has 0 atom stereocenters. The maximum absolute atomic E-state index is 4.37. The average molecular weight is 279 g/mol. The fraction of sp³-hybridized carbons (Fsp3) is 0.278. The number of hydrogen-bond donors (Lipinski definition) is 1. The van der Waals surface area contributed by atoms with E-state index in [9.17, 15) is 0 Å². The molecule has 21 heavy (non-hydrogen) atoms. The minimum atomic E-state index is 0.500. The molecular weight excluding hydrogens is 258 g/mol. The summed E-state index contributed by atoms with van der Waals surface area (Å²) >= 11 is 0. The molecule has 0 aliphatic rings. The molecule has 0 saturated carbocycles. The van der Waals surface area contributed by atoms with Gasteiger partial charge in [-0.05, 0) is 35.9 Å². The molecule has 3 rings (SSSR count). The van der Waals surface area contributed by atoms with Crippen molar-refractivity contribution in [3.63, 3.8) is 0 Å². The predicted octanol–water partition coefficient (Wildman–Crippen LogP) is 3.58. The number of nitrogens with zero attached hydrogens (tertiary/aromatic N) is 2. The van der Waals surface area contributed by atoms with Crippen LogP contribution in [0.2, 0.25) is 0 Å². The fourth-order valence-electron chi connectivity index (χ4n) is 2.49. The molecule has 1 N–H and O–H groups in total. The van der Waals surface area contributed by atoms with Crippen molar-refractivity contribution in [3.05, 3.63) is 66.1 Å². The molecule has 3 heteroatoms. The Balaban J connectivity index is 1.80. The highest BCUT2D eigenvalue weighted by molar-refractivity contribution is 5.78.